The molecule has 3 heterocycles. The Morgan fingerprint density at radius 3 is 1.45 bits per heavy atom. The first-order chi connectivity index (χ1) is 34.5. The SMILES string of the molecule is CC(C)CN1CC2(Cc3ccccc3)CC(=O)CC([C@@H](O)Cc3ccccc3)(C1)C2O.CC[Si](CC)(CC)OC1C2(Cc3ccccc3)CN(CC(C)C)CC1([C@H](O)Cc1ccccc1)CC1(C2)OCCO1.N. The maximum Gasteiger partial charge on any atom is 0.192 e. The molecule has 4 bridgehead atoms. The fraction of sp³-hybridized carbons (Fsp3) is 0.597. The van der Waals surface area contributed by atoms with Crippen LogP contribution in [-0.4, -0.2) is 122 Å². The van der Waals surface area contributed by atoms with Gasteiger partial charge in [0.1, 0.15) is 5.78 Å². The van der Waals surface area contributed by atoms with Crippen molar-refractivity contribution in [1.82, 2.24) is 16.0 Å². The van der Waals surface area contributed by atoms with Crippen molar-refractivity contribution < 1.29 is 34.0 Å². The second kappa shape index (κ2) is 24.2. The van der Waals surface area contributed by atoms with Gasteiger partial charge in [-0.15, -0.1) is 0 Å². The highest BCUT2D eigenvalue weighted by Gasteiger charge is 2.69. The average molecular weight is 1020 g/mol. The lowest BCUT2D eigenvalue weighted by Crippen LogP contribution is -2.75. The van der Waals surface area contributed by atoms with E-state index in [1.807, 2.05) is 48.5 Å². The predicted octanol–water partition coefficient (Wildman–Crippen LogP) is 10.4. The van der Waals surface area contributed by atoms with Gasteiger partial charge in [-0.2, -0.15) is 0 Å². The molecule has 3 saturated heterocycles. The first kappa shape index (κ1) is 57.1. The van der Waals surface area contributed by atoms with Gasteiger partial charge in [-0.3, -0.25) is 4.79 Å². The molecule has 0 amide bonds. The number of likely N-dealkylation sites (tertiary alicyclic amines) is 2. The normalized spacial score (nSPS) is 28.8. The zero-order valence-electron chi connectivity index (χ0n) is 45.5. The minimum absolute atomic E-state index is 0. The lowest BCUT2D eigenvalue weighted by atomic mass is 9.51. The van der Waals surface area contributed by atoms with E-state index in [9.17, 15) is 20.1 Å². The molecule has 2 saturated carbocycles. The number of carbonyl (C=O) groups excluding carboxylic acids is 1. The summed E-state index contributed by atoms with van der Waals surface area (Å²) in [6.45, 7) is 22.1. The van der Waals surface area contributed by atoms with Crippen LogP contribution in [0.5, 0.6) is 0 Å². The topological polar surface area (TPSA) is 147 Å². The molecular weight excluding hydrogens is 927 g/mol. The molecule has 8 atom stereocenters. The smallest absolute Gasteiger partial charge is 0.192 e. The highest BCUT2D eigenvalue weighted by atomic mass is 28.4. The number of rotatable bonds is 19. The molecule has 5 aliphatic rings. The lowest BCUT2D eigenvalue weighted by Gasteiger charge is -2.67. The van der Waals surface area contributed by atoms with E-state index in [0.29, 0.717) is 70.2 Å². The summed E-state index contributed by atoms with van der Waals surface area (Å²) in [4.78, 5) is 18.1. The summed E-state index contributed by atoms with van der Waals surface area (Å²) in [7, 11) is -2.04. The minimum Gasteiger partial charge on any atom is -0.413 e. The third-order valence-electron chi connectivity index (χ3n) is 17.6. The summed E-state index contributed by atoms with van der Waals surface area (Å²) in [5, 5.41) is 35.9. The van der Waals surface area contributed by atoms with Gasteiger partial charge in [0.15, 0.2) is 14.1 Å². The van der Waals surface area contributed by atoms with Crippen LogP contribution < -0.4 is 6.15 Å². The maximum atomic E-state index is 13.1. The van der Waals surface area contributed by atoms with Crippen molar-refractivity contribution in [2.75, 3.05) is 52.5 Å². The van der Waals surface area contributed by atoms with Crippen molar-refractivity contribution >= 4 is 14.1 Å². The number of Topliss-reactive ketones (excluding diaryl/α,β-unsaturated/α-hetero) is 1. The van der Waals surface area contributed by atoms with Gasteiger partial charge >= 0.3 is 0 Å². The van der Waals surface area contributed by atoms with Crippen molar-refractivity contribution in [3.05, 3.63) is 144 Å². The molecule has 9 rings (SSSR count). The molecule has 3 aliphatic heterocycles. The Kier molecular flexibility index (Phi) is 18.9. The van der Waals surface area contributed by atoms with Gasteiger partial charge in [0.2, 0.25) is 0 Å². The zero-order chi connectivity index (χ0) is 51.2. The van der Waals surface area contributed by atoms with E-state index in [2.05, 4.69) is 131 Å². The van der Waals surface area contributed by atoms with Crippen molar-refractivity contribution in [3.63, 3.8) is 0 Å². The van der Waals surface area contributed by atoms with Crippen LogP contribution in [0.15, 0.2) is 121 Å². The number of carbonyl (C=O) groups is 1. The van der Waals surface area contributed by atoms with Crippen molar-refractivity contribution in [2.45, 2.75) is 148 Å². The molecule has 4 aromatic carbocycles. The fourth-order valence-corrected chi connectivity index (χ4v) is 17.7. The molecule has 10 nitrogen and oxygen atoms in total. The third kappa shape index (κ3) is 12.5. The summed E-state index contributed by atoms with van der Waals surface area (Å²) < 4.78 is 20.9. The van der Waals surface area contributed by atoms with Crippen LogP contribution in [0.3, 0.4) is 0 Å². The summed E-state index contributed by atoms with van der Waals surface area (Å²) in [6.07, 6.45) is 2.53. The molecule has 400 valence electrons. The summed E-state index contributed by atoms with van der Waals surface area (Å²) in [5.74, 6) is 0.500. The Labute approximate surface area is 439 Å². The van der Waals surface area contributed by atoms with Crippen molar-refractivity contribution in [2.24, 2.45) is 33.5 Å². The van der Waals surface area contributed by atoms with Crippen LogP contribution >= 0.6 is 0 Å². The molecule has 0 aromatic heterocycles. The van der Waals surface area contributed by atoms with E-state index in [1.54, 1.807) is 0 Å². The molecule has 4 aromatic rings. The number of fused-ring (bicyclic) bond motifs is 4. The molecule has 1 spiro atoms. The average Bonchev–Trinajstić information content (AvgIpc) is 3.80. The predicted molar refractivity (Wildman–Crippen MR) is 296 cm³/mol. The molecule has 6 unspecified atom stereocenters. The quantitative estimate of drug-likeness (QED) is 0.0670. The van der Waals surface area contributed by atoms with E-state index in [1.165, 1.54) is 11.1 Å². The van der Waals surface area contributed by atoms with Crippen LogP contribution in [0.1, 0.15) is 96.4 Å². The Bertz CT molecular complexity index is 2310. The Hall–Kier alpha value is -3.59. The highest BCUT2D eigenvalue weighted by molar-refractivity contribution is 6.73. The number of piperidine rings is 2. The van der Waals surface area contributed by atoms with E-state index in [0.717, 1.165) is 68.3 Å². The number of hydrogen-bond acceptors (Lipinski definition) is 10. The monoisotopic (exact) mass is 1020 g/mol. The molecule has 6 N–H and O–H groups in total. The highest BCUT2D eigenvalue weighted by Crippen LogP contribution is 2.62. The molecule has 0 radical (unpaired) electrons. The fourth-order valence-electron chi connectivity index (χ4n) is 14.7. The maximum absolute atomic E-state index is 13.1. The van der Waals surface area contributed by atoms with Crippen molar-refractivity contribution in [1.29, 1.82) is 0 Å². The standard InChI is InChI=1S/C35H53NO4Si.C27H35NO3.H3N/c1-6-41(7-2,8-3)40-32-33(22-30-17-13-10-14-18-30)24-35(38-19-20-39-35)25-34(32,27-36(26-33)23-28(4)5)31(37)21-29-15-11-9-12-16-29;1-20(2)17-28-18-26(14-22-11-7-4-8-12-22)15-23(29)16-27(19-28,25(26)31)24(30)13-21-9-5-3-6-10-21;/h9-18,28,31-32,37H,6-8,19-27H2,1-5H3;3-12,20,24-25,30-31H,13-19H2,1-2H3;1H3/t31-,32?,33?,34?;24-,25?,26?,27?;/m10./s1. The molecular formula is C62H91N3O7Si. The number of aliphatic hydroxyl groups excluding tert-OH is 3. The Balaban J connectivity index is 0.000000219. The van der Waals surface area contributed by atoms with E-state index < -0.39 is 48.7 Å². The molecule has 73 heavy (non-hydrogen) atoms. The van der Waals surface area contributed by atoms with Gasteiger partial charge in [0.25, 0.3) is 0 Å². The molecule has 5 fully saturated rings. The van der Waals surface area contributed by atoms with Gasteiger partial charge in [-0.25, -0.2) is 0 Å². The largest absolute Gasteiger partial charge is 0.413 e. The van der Waals surface area contributed by atoms with Gasteiger partial charge in [0.05, 0.1) is 37.6 Å². The molecule has 11 heteroatoms. The lowest BCUT2D eigenvalue weighted by molar-refractivity contribution is -0.300. The van der Waals surface area contributed by atoms with E-state index >= 15 is 0 Å². The summed E-state index contributed by atoms with van der Waals surface area (Å²) in [5.41, 5.74) is 2.49. The van der Waals surface area contributed by atoms with Crippen LogP contribution in [-0.2, 0) is 44.4 Å². The Morgan fingerprint density at radius 2 is 1.00 bits per heavy atom. The number of hydrogen-bond donors (Lipinski definition) is 4. The Morgan fingerprint density at radius 1 is 0.589 bits per heavy atom. The first-order valence-corrected chi connectivity index (χ1v) is 30.2. The number of ketones is 1. The third-order valence-corrected chi connectivity index (χ3v) is 22.2. The van der Waals surface area contributed by atoms with Crippen LogP contribution in [0, 0.1) is 33.5 Å². The van der Waals surface area contributed by atoms with Gasteiger partial charge in [-0.05, 0) is 77.9 Å². The van der Waals surface area contributed by atoms with E-state index in [-0.39, 0.29) is 29.9 Å². The number of benzene rings is 4. The second-order valence-electron chi connectivity index (χ2n) is 24.1. The van der Waals surface area contributed by atoms with E-state index in [4.69, 9.17) is 13.9 Å². The van der Waals surface area contributed by atoms with Crippen molar-refractivity contribution in [3.8, 4) is 0 Å². The minimum atomic E-state index is -2.04. The number of ether oxygens (including phenoxy) is 2. The number of aliphatic hydroxyl groups is 3. The van der Waals surface area contributed by atoms with Crippen LogP contribution in [0.2, 0.25) is 18.1 Å². The van der Waals surface area contributed by atoms with Gasteiger partial charge in [-0.1, -0.05) is 170 Å². The van der Waals surface area contributed by atoms with Crippen LogP contribution in [0.4, 0.5) is 0 Å². The number of nitrogens with zero attached hydrogens (tertiary/aromatic N) is 2. The van der Waals surface area contributed by atoms with Crippen LogP contribution in [0.25, 0.3) is 0 Å². The zero-order valence-corrected chi connectivity index (χ0v) is 46.5. The summed E-state index contributed by atoms with van der Waals surface area (Å²) >= 11 is 0. The van der Waals surface area contributed by atoms with Gasteiger partial charge < -0.3 is 45.2 Å². The second-order valence-corrected chi connectivity index (χ2v) is 28.8. The first-order valence-electron chi connectivity index (χ1n) is 27.7. The summed E-state index contributed by atoms with van der Waals surface area (Å²) in [6, 6.07) is 44.8. The molecule has 2 aliphatic carbocycles. The van der Waals surface area contributed by atoms with Gasteiger partial charge in [0, 0.05) is 86.6 Å².